The van der Waals surface area contributed by atoms with E-state index < -0.39 is 22.4 Å². The topological polar surface area (TPSA) is 67.5 Å². The normalized spacial score (nSPS) is 11.5. The van der Waals surface area contributed by atoms with Crippen LogP contribution >= 0.6 is 0 Å². The molecule has 0 unspecified atom stereocenters. The molecule has 3 rings (SSSR count). The Balaban J connectivity index is 1.75. The van der Waals surface area contributed by atoms with Crippen LogP contribution in [0.25, 0.3) is 11.1 Å². The first kappa shape index (κ1) is 19.1. The van der Waals surface area contributed by atoms with Gasteiger partial charge in [-0.05, 0) is 28.8 Å². The number of halogens is 3. The molecular formula is C20H14F3N3O2. The van der Waals surface area contributed by atoms with Gasteiger partial charge >= 0.3 is 6.18 Å². The van der Waals surface area contributed by atoms with Crippen molar-refractivity contribution in [2.45, 2.75) is 6.18 Å². The van der Waals surface area contributed by atoms with Crippen molar-refractivity contribution in [2.75, 3.05) is 5.43 Å². The first-order valence-electron chi connectivity index (χ1n) is 8.15. The highest BCUT2D eigenvalue weighted by atomic mass is 19.4. The predicted octanol–water partition coefficient (Wildman–Crippen LogP) is 5.73. The lowest BCUT2D eigenvalue weighted by Gasteiger charge is -2.08. The Morgan fingerprint density at radius 2 is 1.57 bits per heavy atom. The van der Waals surface area contributed by atoms with Crippen molar-refractivity contribution >= 4 is 17.6 Å². The number of hydrazone groups is 1. The van der Waals surface area contributed by atoms with Crippen molar-refractivity contribution in [3.8, 4) is 11.1 Å². The second-order valence-corrected chi connectivity index (χ2v) is 5.84. The fourth-order valence-electron chi connectivity index (χ4n) is 2.52. The highest BCUT2D eigenvalue weighted by molar-refractivity contribution is 5.82. The Bertz CT molecular complexity index is 1000. The zero-order chi connectivity index (χ0) is 20.1. The lowest BCUT2D eigenvalue weighted by atomic mass is 10.0. The average molecular weight is 385 g/mol. The zero-order valence-electron chi connectivity index (χ0n) is 14.4. The molecule has 0 atom stereocenters. The minimum Gasteiger partial charge on any atom is -0.272 e. The van der Waals surface area contributed by atoms with Gasteiger partial charge in [0.1, 0.15) is 5.69 Å². The lowest BCUT2D eigenvalue weighted by molar-refractivity contribution is -0.384. The van der Waals surface area contributed by atoms with Crippen LogP contribution in [0.1, 0.15) is 11.1 Å². The Morgan fingerprint density at radius 3 is 2.18 bits per heavy atom. The van der Waals surface area contributed by atoms with Gasteiger partial charge in [-0.1, -0.05) is 54.6 Å². The minimum atomic E-state index is -4.66. The summed E-state index contributed by atoms with van der Waals surface area (Å²) in [5, 5.41) is 14.9. The molecule has 0 spiro atoms. The maximum atomic E-state index is 12.7. The van der Waals surface area contributed by atoms with Crippen molar-refractivity contribution in [3.63, 3.8) is 0 Å². The molecule has 0 saturated carbocycles. The molecule has 3 aromatic carbocycles. The molecule has 0 aliphatic carbocycles. The number of nitro groups is 1. The number of hydrogen-bond donors (Lipinski definition) is 1. The van der Waals surface area contributed by atoms with Crippen molar-refractivity contribution < 1.29 is 18.1 Å². The number of rotatable bonds is 5. The molecular weight excluding hydrogens is 371 g/mol. The van der Waals surface area contributed by atoms with E-state index in [-0.39, 0.29) is 5.69 Å². The molecule has 0 aliphatic rings. The van der Waals surface area contributed by atoms with E-state index in [1.807, 2.05) is 54.6 Å². The number of alkyl halides is 3. The first-order chi connectivity index (χ1) is 13.3. The monoisotopic (exact) mass is 385 g/mol. The summed E-state index contributed by atoms with van der Waals surface area (Å²) >= 11 is 0. The quantitative estimate of drug-likeness (QED) is 0.347. The Morgan fingerprint density at radius 1 is 0.929 bits per heavy atom. The van der Waals surface area contributed by atoms with Crippen molar-refractivity contribution in [1.29, 1.82) is 0 Å². The number of nitrogens with one attached hydrogen (secondary N) is 1. The van der Waals surface area contributed by atoms with Crippen LogP contribution in [0.4, 0.5) is 24.5 Å². The molecule has 28 heavy (non-hydrogen) atoms. The molecule has 8 heteroatoms. The predicted molar refractivity (Wildman–Crippen MR) is 101 cm³/mol. The second kappa shape index (κ2) is 7.91. The Kier molecular flexibility index (Phi) is 5.39. The summed E-state index contributed by atoms with van der Waals surface area (Å²) in [7, 11) is 0. The third kappa shape index (κ3) is 4.53. The summed E-state index contributed by atoms with van der Waals surface area (Å²) < 4.78 is 38.2. The molecule has 5 nitrogen and oxygen atoms in total. The van der Waals surface area contributed by atoms with E-state index in [1.54, 1.807) is 0 Å². The standard InChI is InChI=1S/C20H14F3N3O2/c21-20(22,23)17-10-11-18(19(12-17)26(27)28)25-24-13-14-6-8-16(9-7-14)15-4-2-1-3-5-15/h1-13,25H. The summed E-state index contributed by atoms with van der Waals surface area (Å²) in [4.78, 5) is 10.2. The number of nitro benzene ring substituents is 1. The number of hydrogen-bond acceptors (Lipinski definition) is 4. The van der Waals surface area contributed by atoms with Gasteiger partial charge in [-0.2, -0.15) is 18.3 Å². The van der Waals surface area contributed by atoms with Crippen molar-refractivity contribution in [2.24, 2.45) is 5.10 Å². The number of anilines is 1. The minimum absolute atomic E-state index is 0.129. The molecule has 0 bridgehead atoms. The molecule has 1 N–H and O–H groups in total. The molecule has 0 heterocycles. The average Bonchev–Trinajstić information content (AvgIpc) is 2.68. The van der Waals surface area contributed by atoms with Crippen LogP contribution in [0.2, 0.25) is 0 Å². The molecule has 142 valence electrons. The third-order valence-corrected chi connectivity index (χ3v) is 3.94. The maximum Gasteiger partial charge on any atom is 0.416 e. The fraction of sp³-hybridized carbons (Fsp3) is 0.0500. The van der Waals surface area contributed by atoms with Crippen LogP contribution in [-0.4, -0.2) is 11.1 Å². The molecule has 0 amide bonds. The highest BCUT2D eigenvalue weighted by Gasteiger charge is 2.33. The Labute approximate surface area is 158 Å². The summed E-state index contributed by atoms with van der Waals surface area (Å²) in [6.07, 6.45) is -3.23. The SMILES string of the molecule is O=[N+]([O-])c1cc(C(F)(F)F)ccc1NN=Cc1ccc(-c2ccccc2)cc1. The molecule has 0 saturated heterocycles. The molecule has 0 fully saturated rings. The van der Waals surface area contributed by atoms with Crippen LogP contribution in [0.15, 0.2) is 77.9 Å². The van der Waals surface area contributed by atoms with Crippen LogP contribution in [0.3, 0.4) is 0 Å². The van der Waals surface area contributed by atoms with Gasteiger partial charge in [0.2, 0.25) is 0 Å². The molecule has 3 aromatic rings. The van der Waals surface area contributed by atoms with Crippen LogP contribution in [0.5, 0.6) is 0 Å². The van der Waals surface area contributed by atoms with Gasteiger partial charge in [0.25, 0.3) is 5.69 Å². The summed E-state index contributed by atoms with van der Waals surface area (Å²) in [5.41, 5.74) is 3.31. The van der Waals surface area contributed by atoms with E-state index >= 15 is 0 Å². The van der Waals surface area contributed by atoms with Gasteiger partial charge in [0.15, 0.2) is 0 Å². The van der Waals surface area contributed by atoms with E-state index in [0.717, 1.165) is 28.8 Å². The van der Waals surface area contributed by atoms with E-state index in [9.17, 15) is 23.3 Å². The van der Waals surface area contributed by atoms with Gasteiger partial charge in [-0.25, -0.2) is 0 Å². The summed E-state index contributed by atoms with van der Waals surface area (Å²) in [5.74, 6) is 0. The maximum absolute atomic E-state index is 12.7. The van der Waals surface area contributed by atoms with Crippen molar-refractivity contribution in [3.05, 3.63) is 94.0 Å². The fourth-order valence-corrected chi connectivity index (χ4v) is 2.52. The second-order valence-electron chi connectivity index (χ2n) is 5.84. The van der Waals surface area contributed by atoms with Crippen LogP contribution in [0, 0.1) is 10.1 Å². The largest absolute Gasteiger partial charge is 0.416 e. The van der Waals surface area contributed by atoms with E-state index in [0.29, 0.717) is 6.07 Å². The Hall–Kier alpha value is -3.68. The summed E-state index contributed by atoms with van der Waals surface area (Å²) in [6, 6.07) is 19.4. The van der Waals surface area contributed by atoms with Crippen LogP contribution in [-0.2, 0) is 6.18 Å². The van der Waals surface area contributed by atoms with Gasteiger partial charge in [-0.15, -0.1) is 0 Å². The zero-order valence-corrected chi connectivity index (χ0v) is 14.4. The third-order valence-electron chi connectivity index (χ3n) is 3.94. The number of benzene rings is 3. The highest BCUT2D eigenvalue weighted by Crippen LogP contribution is 2.34. The van der Waals surface area contributed by atoms with E-state index in [4.69, 9.17) is 0 Å². The van der Waals surface area contributed by atoms with E-state index in [1.165, 1.54) is 6.21 Å². The smallest absolute Gasteiger partial charge is 0.272 e. The molecule has 0 aliphatic heterocycles. The van der Waals surface area contributed by atoms with E-state index in [2.05, 4.69) is 10.5 Å². The van der Waals surface area contributed by atoms with Crippen LogP contribution < -0.4 is 5.43 Å². The molecule has 0 aromatic heterocycles. The van der Waals surface area contributed by atoms with Gasteiger partial charge in [0.05, 0.1) is 16.7 Å². The first-order valence-corrected chi connectivity index (χ1v) is 8.15. The van der Waals surface area contributed by atoms with Gasteiger partial charge in [-0.3, -0.25) is 15.5 Å². The van der Waals surface area contributed by atoms with Gasteiger partial charge in [0, 0.05) is 6.07 Å². The van der Waals surface area contributed by atoms with Gasteiger partial charge < -0.3 is 0 Å². The lowest BCUT2D eigenvalue weighted by Crippen LogP contribution is -2.06. The molecule has 0 radical (unpaired) electrons. The summed E-state index contributed by atoms with van der Waals surface area (Å²) in [6.45, 7) is 0. The number of nitrogens with zero attached hydrogens (tertiary/aromatic N) is 2. The van der Waals surface area contributed by atoms with Crippen molar-refractivity contribution in [1.82, 2.24) is 0 Å².